The maximum atomic E-state index is 12.1. The van der Waals surface area contributed by atoms with Crippen molar-refractivity contribution in [3.05, 3.63) is 58.0 Å². The molecule has 2 heterocycles. The third-order valence-electron chi connectivity index (χ3n) is 4.09. The van der Waals surface area contributed by atoms with Crippen LogP contribution in [0.1, 0.15) is 11.3 Å². The van der Waals surface area contributed by atoms with Gasteiger partial charge < -0.3 is 9.64 Å². The van der Waals surface area contributed by atoms with Gasteiger partial charge >= 0.3 is 0 Å². The van der Waals surface area contributed by atoms with E-state index in [2.05, 4.69) is 5.10 Å². The third-order valence-corrected chi connectivity index (χ3v) is 4.09. The fourth-order valence-electron chi connectivity index (χ4n) is 2.76. The lowest BCUT2D eigenvalue weighted by Crippen LogP contribution is -2.53. The van der Waals surface area contributed by atoms with E-state index in [4.69, 9.17) is 4.74 Å². The van der Waals surface area contributed by atoms with E-state index in [9.17, 15) is 9.59 Å². The second-order valence-electron chi connectivity index (χ2n) is 6.26. The molecule has 0 bridgehead atoms. The lowest BCUT2D eigenvalue weighted by Gasteiger charge is -2.39. The fourth-order valence-corrected chi connectivity index (χ4v) is 2.76. The molecule has 1 aliphatic rings. The maximum Gasteiger partial charge on any atom is 0.266 e. The molecule has 1 aromatic heterocycles. The Morgan fingerprint density at radius 1 is 1.25 bits per heavy atom. The maximum absolute atomic E-state index is 12.1. The standard InChI is InChI=1S/C18H21N3O3/c1-13-4-3-5-16(8-13)24-12-18(23)20-9-15(10-20)11-21-17(22)7-6-14(2)19-21/h3-8,15H,9-12H2,1-2H3. The Bertz CT molecular complexity index is 794. The van der Waals surface area contributed by atoms with Gasteiger partial charge in [-0.25, -0.2) is 4.68 Å². The van der Waals surface area contributed by atoms with Crippen LogP contribution in [0.5, 0.6) is 5.75 Å². The van der Waals surface area contributed by atoms with Gasteiger partial charge in [-0.3, -0.25) is 9.59 Å². The summed E-state index contributed by atoms with van der Waals surface area (Å²) >= 11 is 0. The quantitative estimate of drug-likeness (QED) is 0.833. The lowest BCUT2D eigenvalue weighted by atomic mass is 10.0. The first-order valence-electron chi connectivity index (χ1n) is 8.03. The topological polar surface area (TPSA) is 64.4 Å². The van der Waals surface area contributed by atoms with Crippen LogP contribution in [-0.4, -0.2) is 40.3 Å². The van der Waals surface area contributed by atoms with Gasteiger partial charge in [-0.05, 0) is 37.6 Å². The zero-order valence-corrected chi connectivity index (χ0v) is 13.9. The van der Waals surface area contributed by atoms with E-state index >= 15 is 0 Å². The average Bonchev–Trinajstić information content (AvgIpc) is 2.51. The molecule has 1 fully saturated rings. The van der Waals surface area contributed by atoms with Crippen LogP contribution in [0, 0.1) is 19.8 Å². The summed E-state index contributed by atoms with van der Waals surface area (Å²) < 4.78 is 7.01. The molecule has 6 nitrogen and oxygen atoms in total. The summed E-state index contributed by atoms with van der Waals surface area (Å²) in [5, 5.41) is 4.22. The smallest absolute Gasteiger partial charge is 0.266 e. The number of nitrogens with zero attached hydrogens (tertiary/aromatic N) is 3. The van der Waals surface area contributed by atoms with E-state index in [1.165, 1.54) is 10.7 Å². The van der Waals surface area contributed by atoms with E-state index in [0.29, 0.717) is 25.4 Å². The zero-order valence-electron chi connectivity index (χ0n) is 13.9. The van der Waals surface area contributed by atoms with Gasteiger partial charge in [-0.1, -0.05) is 12.1 Å². The summed E-state index contributed by atoms with van der Waals surface area (Å²) in [4.78, 5) is 25.6. The van der Waals surface area contributed by atoms with Crippen LogP contribution < -0.4 is 10.3 Å². The number of hydrogen-bond acceptors (Lipinski definition) is 4. The SMILES string of the molecule is Cc1cccc(OCC(=O)N2CC(Cn3nc(C)ccc3=O)C2)c1. The van der Waals surface area contributed by atoms with Crippen LogP contribution in [0.15, 0.2) is 41.2 Å². The Kier molecular flexibility index (Phi) is 4.64. The molecule has 0 unspecified atom stereocenters. The lowest BCUT2D eigenvalue weighted by molar-refractivity contribution is -0.140. The highest BCUT2D eigenvalue weighted by molar-refractivity contribution is 5.78. The minimum atomic E-state index is -0.104. The zero-order chi connectivity index (χ0) is 17.1. The molecule has 0 saturated carbocycles. The van der Waals surface area contributed by atoms with Crippen molar-refractivity contribution in [3.63, 3.8) is 0 Å². The third kappa shape index (κ3) is 3.82. The average molecular weight is 327 g/mol. The molecule has 6 heteroatoms. The highest BCUT2D eigenvalue weighted by atomic mass is 16.5. The van der Waals surface area contributed by atoms with Crippen molar-refractivity contribution in [2.75, 3.05) is 19.7 Å². The molecule has 0 spiro atoms. The van der Waals surface area contributed by atoms with Crippen molar-refractivity contribution in [2.45, 2.75) is 20.4 Å². The van der Waals surface area contributed by atoms with Crippen molar-refractivity contribution >= 4 is 5.91 Å². The first kappa shape index (κ1) is 16.2. The van der Waals surface area contributed by atoms with Crippen molar-refractivity contribution in [1.29, 1.82) is 0 Å². The molecule has 1 aromatic carbocycles. The van der Waals surface area contributed by atoms with Crippen LogP contribution in [-0.2, 0) is 11.3 Å². The number of rotatable bonds is 5. The summed E-state index contributed by atoms with van der Waals surface area (Å²) in [5.74, 6) is 0.938. The molecule has 1 amide bonds. The highest BCUT2D eigenvalue weighted by Gasteiger charge is 2.31. The van der Waals surface area contributed by atoms with Crippen LogP contribution in [0.3, 0.4) is 0 Å². The van der Waals surface area contributed by atoms with Crippen molar-refractivity contribution in [3.8, 4) is 5.75 Å². The molecule has 0 aliphatic carbocycles. The Labute approximate surface area is 140 Å². The van der Waals surface area contributed by atoms with Crippen LogP contribution in [0.4, 0.5) is 0 Å². The van der Waals surface area contributed by atoms with Gasteiger partial charge in [0.05, 0.1) is 12.2 Å². The number of carbonyl (C=O) groups excluding carboxylic acids is 1. The number of benzene rings is 1. The first-order valence-corrected chi connectivity index (χ1v) is 8.03. The summed E-state index contributed by atoms with van der Waals surface area (Å²) in [6.45, 7) is 5.70. The molecule has 3 rings (SSSR count). The summed E-state index contributed by atoms with van der Waals surface area (Å²) in [5.41, 5.74) is 1.81. The second kappa shape index (κ2) is 6.86. The van der Waals surface area contributed by atoms with E-state index in [0.717, 1.165) is 11.3 Å². The predicted octanol–water partition coefficient (Wildman–Crippen LogP) is 1.40. The number of hydrogen-bond donors (Lipinski definition) is 0. The van der Waals surface area contributed by atoms with Gasteiger partial charge in [-0.15, -0.1) is 0 Å². The molecular formula is C18H21N3O3. The predicted molar refractivity (Wildman–Crippen MR) is 90.0 cm³/mol. The molecule has 1 saturated heterocycles. The van der Waals surface area contributed by atoms with Crippen LogP contribution in [0.25, 0.3) is 0 Å². The molecule has 1 aliphatic heterocycles. The van der Waals surface area contributed by atoms with Crippen LogP contribution >= 0.6 is 0 Å². The van der Waals surface area contributed by atoms with Gasteiger partial charge in [0.2, 0.25) is 0 Å². The number of aryl methyl sites for hydroxylation is 2. The minimum absolute atomic E-state index is 0.0303. The summed E-state index contributed by atoms with van der Waals surface area (Å²) in [7, 11) is 0. The van der Waals surface area contributed by atoms with Crippen molar-refractivity contribution in [1.82, 2.24) is 14.7 Å². The van der Waals surface area contributed by atoms with E-state index in [-0.39, 0.29) is 24.0 Å². The van der Waals surface area contributed by atoms with Gasteiger partial charge in [0.1, 0.15) is 5.75 Å². The number of carbonyl (C=O) groups is 1. The summed E-state index contributed by atoms with van der Waals surface area (Å²) in [6, 6.07) is 10.9. The normalized spacial score (nSPS) is 14.3. The second-order valence-corrected chi connectivity index (χ2v) is 6.26. The molecule has 0 atom stereocenters. The van der Waals surface area contributed by atoms with Crippen molar-refractivity contribution < 1.29 is 9.53 Å². The van der Waals surface area contributed by atoms with Gasteiger partial charge in [0.15, 0.2) is 6.61 Å². The van der Waals surface area contributed by atoms with E-state index in [1.54, 1.807) is 11.0 Å². The number of likely N-dealkylation sites (tertiary alicyclic amines) is 1. The Hall–Kier alpha value is -2.63. The Morgan fingerprint density at radius 2 is 2.04 bits per heavy atom. The van der Waals surface area contributed by atoms with Gasteiger partial charge in [0.25, 0.3) is 11.5 Å². The molecular weight excluding hydrogens is 306 g/mol. The number of aromatic nitrogens is 2. The van der Waals surface area contributed by atoms with Crippen molar-refractivity contribution in [2.24, 2.45) is 5.92 Å². The Morgan fingerprint density at radius 3 is 2.79 bits per heavy atom. The highest BCUT2D eigenvalue weighted by Crippen LogP contribution is 2.18. The molecule has 24 heavy (non-hydrogen) atoms. The number of amides is 1. The molecule has 2 aromatic rings. The monoisotopic (exact) mass is 327 g/mol. The molecule has 126 valence electrons. The number of ether oxygens (including phenoxy) is 1. The summed E-state index contributed by atoms with van der Waals surface area (Å²) in [6.07, 6.45) is 0. The van der Waals surface area contributed by atoms with Gasteiger partial charge in [0, 0.05) is 25.1 Å². The van der Waals surface area contributed by atoms with E-state index in [1.807, 2.05) is 38.1 Å². The molecule has 0 radical (unpaired) electrons. The Balaban J connectivity index is 1.47. The minimum Gasteiger partial charge on any atom is -0.484 e. The fraction of sp³-hybridized carbons (Fsp3) is 0.389. The largest absolute Gasteiger partial charge is 0.484 e. The van der Waals surface area contributed by atoms with Crippen LogP contribution in [0.2, 0.25) is 0 Å². The molecule has 0 N–H and O–H groups in total. The van der Waals surface area contributed by atoms with Gasteiger partial charge in [-0.2, -0.15) is 5.10 Å². The first-order chi connectivity index (χ1) is 11.5. The van der Waals surface area contributed by atoms with E-state index < -0.39 is 0 Å².